The lowest BCUT2D eigenvalue weighted by Gasteiger charge is -2.21. The average molecular weight is 317 g/mol. The molecule has 0 spiro atoms. The summed E-state index contributed by atoms with van der Waals surface area (Å²) < 4.78 is 10.9. The minimum absolute atomic E-state index is 0.208. The Labute approximate surface area is 139 Å². The van der Waals surface area contributed by atoms with Crippen LogP contribution in [0.4, 0.5) is 4.79 Å². The molecule has 4 heteroatoms. The molecule has 0 saturated heterocycles. The Morgan fingerprint density at radius 3 is 2.17 bits per heavy atom. The Morgan fingerprint density at radius 1 is 1.04 bits per heavy atom. The summed E-state index contributed by atoms with van der Waals surface area (Å²) in [4.78, 5) is 11.4. The van der Waals surface area contributed by atoms with Crippen molar-refractivity contribution in [3.05, 3.63) is 29.8 Å². The van der Waals surface area contributed by atoms with Gasteiger partial charge in [-0.1, -0.05) is 11.8 Å². The van der Waals surface area contributed by atoms with Crippen molar-refractivity contribution in [2.75, 3.05) is 6.54 Å². The van der Waals surface area contributed by atoms with E-state index < -0.39 is 11.7 Å². The highest BCUT2D eigenvalue weighted by Gasteiger charge is 2.15. The number of nitrogens with one attached hydrogen (secondary N) is 1. The standard InChI is InChI=1S/C19H27NO3/c1-18(2,3)22-16-12-10-15(11-13-16)9-7-8-14-20-17(21)23-19(4,5)6/h10-13H,8,14H2,1-6H3,(H,20,21). The molecule has 1 aromatic rings. The van der Waals surface area contributed by atoms with Crippen molar-refractivity contribution >= 4 is 6.09 Å². The Balaban J connectivity index is 2.38. The van der Waals surface area contributed by atoms with Gasteiger partial charge in [-0.05, 0) is 65.8 Å². The van der Waals surface area contributed by atoms with Crippen LogP contribution in [0.5, 0.6) is 5.75 Å². The van der Waals surface area contributed by atoms with E-state index in [0.717, 1.165) is 11.3 Å². The number of carbonyl (C=O) groups is 1. The summed E-state index contributed by atoms with van der Waals surface area (Å²) >= 11 is 0. The maximum absolute atomic E-state index is 11.4. The molecule has 0 heterocycles. The molecule has 0 saturated carbocycles. The Morgan fingerprint density at radius 2 is 1.65 bits per heavy atom. The topological polar surface area (TPSA) is 47.6 Å². The van der Waals surface area contributed by atoms with Crippen molar-refractivity contribution in [1.82, 2.24) is 5.32 Å². The molecule has 0 aliphatic heterocycles. The molecule has 1 amide bonds. The maximum atomic E-state index is 11.4. The van der Waals surface area contributed by atoms with E-state index in [2.05, 4.69) is 17.2 Å². The van der Waals surface area contributed by atoms with Gasteiger partial charge in [-0.2, -0.15) is 0 Å². The molecule has 0 bridgehead atoms. The third kappa shape index (κ3) is 9.46. The van der Waals surface area contributed by atoms with E-state index in [1.54, 1.807) is 0 Å². The molecular weight excluding hydrogens is 290 g/mol. The molecule has 23 heavy (non-hydrogen) atoms. The zero-order valence-electron chi connectivity index (χ0n) is 14.9. The minimum Gasteiger partial charge on any atom is -0.488 e. The summed E-state index contributed by atoms with van der Waals surface area (Å²) in [7, 11) is 0. The van der Waals surface area contributed by atoms with Crippen LogP contribution >= 0.6 is 0 Å². The van der Waals surface area contributed by atoms with Gasteiger partial charge in [0, 0.05) is 18.5 Å². The molecule has 0 atom stereocenters. The minimum atomic E-state index is -0.480. The molecule has 1 N–H and O–H groups in total. The van der Waals surface area contributed by atoms with Crippen LogP contribution in [0.25, 0.3) is 0 Å². The highest BCUT2D eigenvalue weighted by atomic mass is 16.6. The Kier molecular flexibility index (Phi) is 6.50. The largest absolute Gasteiger partial charge is 0.488 e. The maximum Gasteiger partial charge on any atom is 0.407 e. The molecule has 0 aromatic heterocycles. The first-order valence-corrected chi connectivity index (χ1v) is 7.80. The predicted molar refractivity (Wildman–Crippen MR) is 92.6 cm³/mol. The van der Waals surface area contributed by atoms with Crippen LogP contribution in [-0.2, 0) is 4.74 Å². The molecule has 0 aliphatic carbocycles. The van der Waals surface area contributed by atoms with E-state index >= 15 is 0 Å². The van der Waals surface area contributed by atoms with E-state index in [1.165, 1.54) is 0 Å². The molecule has 1 aromatic carbocycles. The smallest absolute Gasteiger partial charge is 0.407 e. The Bertz CT molecular complexity index is 566. The van der Waals surface area contributed by atoms with Gasteiger partial charge < -0.3 is 14.8 Å². The van der Waals surface area contributed by atoms with E-state index in [1.807, 2.05) is 65.8 Å². The second-order valence-corrected chi connectivity index (χ2v) is 7.22. The number of hydrogen-bond donors (Lipinski definition) is 1. The van der Waals surface area contributed by atoms with Crippen LogP contribution in [0.2, 0.25) is 0 Å². The lowest BCUT2D eigenvalue weighted by atomic mass is 10.1. The SMILES string of the molecule is CC(C)(C)OC(=O)NCCC#Cc1ccc(OC(C)(C)C)cc1. The Hall–Kier alpha value is -2.15. The summed E-state index contributed by atoms with van der Waals surface area (Å²) in [5, 5.41) is 2.68. The molecule has 0 fully saturated rings. The number of benzene rings is 1. The molecule has 126 valence electrons. The first-order valence-electron chi connectivity index (χ1n) is 7.80. The van der Waals surface area contributed by atoms with Crippen molar-refractivity contribution in [2.45, 2.75) is 59.2 Å². The summed E-state index contributed by atoms with van der Waals surface area (Å²) in [6, 6.07) is 7.67. The average Bonchev–Trinajstić information content (AvgIpc) is 2.36. The second kappa shape index (κ2) is 7.92. The van der Waals surface area contributed by atoms with Crippen LogP contribution in [-0.4, -0.2) is 23.8 Å². The lowest BCUT2D eigenvalue weighted by Crippen LogP contribution is -2.32. The van der Waals surface area contributed by atoms with Crippen LogP contribution in [0.1, 0.15) is 53.5 Å². The van der Waals surface area contributed by atoms with Gasteiger partial charge in [0.1, 0.15) is 17.0 Å². The van der Waals surface area contributed by atoms with Crippen LogP contribution in [0.15, 0.2) is 24.3 Å². The summed E-state index contributed by atoms with van der Waals surface area (Å²) in [6.07, 6.45) is 0.155. The lowest BCUT2D eigenvalue weighted by molar-refractivity contribution is 0.0529. The van der Waals surface area contributed by atoms with Crippen LogP contribution < -0.4 is 10.1 Å². The zero-order chi connectivity index (χ0) is 17.5. The number of rotatable bonds is 3. The van der Waals surface area contributed by atoms with E-state index in [9.17, 15) is 4.79 Å². The van der Waals surface area contributed by atoms with Crippen molar-refractivity contribution < 1.29 is 14.3 Å². The predicted octanol–water partition coefficient (Wildman–Crippen LogP) is 4.13. The van der Waals surface area contributed by atoms with Gasteiger partial charge in [-0.25, -0.2) is 4.79 Å². The van der Waals surface area contributed by atoms with Crippen molar-refractivity contribution in [3.8, 4) is 17.6 Å². The fraction of sp³-hybridized carbons (Fsp3) is 0.526. The first-order chi connectivity index (χ1) is 10.6. The van der Waals surface area contributed by atoms with Gasteiger partial charge in [0.05, 0.1) is 0 Å². The number of carbonyl (C=O) groups excluding carboxylic acids is 1. The van der Waals surface area contributed by atoms with Crippen molar-refractivity contribution in [3.63, 3.8) is 0 Å². The highest BCUT2D eigenvalue weighted by molar-refractivity contribution is 5.67. The summed E-state index contributed by atoms with van der Waals surface area (Å²) in [6.45, 7) is 12.0. The quantitative estimate of drug-likeness (QED) is 0.673. The number of hydrogen-bond acceptors (Lipinski definition) is 3. The number of amides is 1. The molecule has 4 nitrogen and oxygen atoms in total. The fourth-order valence-electron chi connectivity index (χ4n) is 1.67. The van der Waals surface area contributed by atoms with Gasteiger partial charge in [-0.15, -0.1) is 0 Å². The molecule has 0 aliphatic rings. The third-order valence-corrected chi connectivity index (χ3v) is 2.43. The molecule has 0 radical (unpaired) electrons. The normalized spacial score (nSPS) is 11.2. The summed E-state index contributed by atoms with van der Waals surface area (Å²) in [5.74, 6) is 6.91. The molecule has 1 rings (SSSR count). The number of ether oxygens (including phenoxy) is 2. The van der Waals surface area contributed by atoms with Crippen LogP contribution in [0.3, 0.4) is 0 Å². The zero-order valence-corrected chi connectivity index (χ0v) is 14.9. The monoisotopic (exact) mass is 317 g/mol. The number of alkyl carbamates (subject to hydrolysis) is 1. The third-order valence-electron chi connectivity index (χ3n) is 2.43. The van der Waals surface area contributed by atoms with E-state index in [-0.39, 0.29) is 5.60 Å². The fourth-order valence-corrected chi connectivity index (χ4v) is 1.67. The first kappa shape index (κ1) is 18.9. The van der Waals surface area contributed by atoms with Crippen molar-refractivity contribution in [1.29, 1.82) is 0 Å². The van der Waals surface area contributed by atoms with Gasteiger partial charge in [0.15, 0.2) is 0 Å². The second-order valence-electron chi connectivity index (χ2n) is 7.22. The van der Waals surface area contributed by atoms with E-state index in [4.69, 9.17) is 9.47 Å². The van der Waals surface area contributed by atoms with Gasteiger partial charge >= 0.3 is 6.09 Å². The highest BCUT2D eigenvalue weighted by Crippen LogP contribution is 2.18. The van der Waals surface area contributed by atoms with Gasteiger partial charge in [-0.3, -0.25) is 0 Å². The molecular formula is C19H27NO3. The van der Waals surface area contributed by atoms with E-state index in [0.29, 0.717) is 13.0 Å². The van der Waals surface area contributed by atoms with Gasteiger partial charge in [0.2, 0.25) is 0 Å². The van der Waals surface area contributed by atoms with Crippen LogP contribution in [0, 0.1) is 11.8 Å². The molecule has 0 unspecified atom stereocenters. The van der Waals surface area contributed by atoms with Gasteiger partial charge in [0.25, 0.3) is 0 Å². The van der Waals surface area contributed by atoms with Crippen molar-refractivity contribution in [2.24, 2.45) is 0 Å². The summed E-state index contributed by atoms with van der Waals surface area (Å²) in [5.41, 5.74) is 0.233.